The second-order valence-electron chi connectivity index (χ2n) is 24.4. The van der Waals surface area contributed by atoms with Gasteiger partial charge in [-0.3, -0.25) is 0 Å². The van der Waals surface area contributed by atoms with E-state index in [1.54, 1.807) is 0 Å². The third kappa shape index (κ3) is 14.0. The molecule has 0 aliphatic heterocycles. The number of fused-ring (bicyclic) bond motifs is 4. The summed E-state index contributed by atoms with van der Waals surface area (Å²) in [7, 11) is 8.38. The molecule has 436 valence electrons. The molecule has 0 spiro atoms. The Hall–Kier alpha value is -9.02. The molecule has 10 nitrogen and oxygen atoms in total. The van der Waals surface area contributed by atoms with Gasteiger partial charge in [0.25, 0.3) is 11.0 Å². The molecule has 12 rings (SSSR count). The van der Waals surface area contributed by atoms with Crippen LogP contribution >= 0.6 is 0 Å². The Kier molecular flexibility index (Phi) is 19.6. The smallest absolute Gasteiger partial charge is 0.231 e. The molecule has 0 N–H and O–H groups in total. The van der Waals surface area contributed by atoms with Crippen LogP contribution in [-0.4, -0.2) is 29.9 Å². The zero-order valence-electron chi connectivity index (χ0n) is 53.5. The SMILES string of the molecule is Cc1ccccc1-c1ccc2ccc(C(C)C)nc2[n+]1C.Cc1ccccc1-c1ccc2ccc(CC(C)C)nc2[n+]1C.Cc1ccccc1-c1cnc2ncc(C(C)C)cc2[n+]1C.Cc1ccccc1-c1cnc2ncc(CC(C)C)cc2[n+]1C. The van der Waals surface area contributed by atoms with Gasteiger partial charge in [0.05, 0.1) is 36.0 Å². The summed E-state index contributed by atoms with van der Waals surface area (Å²) in [4.78, 5) is 27.8. The van der Waals surface area contributed by atoms with E-state index >= 15 is 0 Å². The van der Waals surface area contributed by atoms with E-state index in [4.69, 9.17) is 9.97 Å². The molecule has 10 heteroatoms. The van der Waals surface area contributed by atoms with Crippen LogP contribution in [0.4, 0.5) is 0 Å². The van der Waals surface area contributed by atoms with Gasteiger partial charge in [0.15, 0.2) is 11.4 Å². The molecular weight excluding hydrogens is 1050 g/mol. The number of aromatic nitrogens is 10. The fourth-order valence-corrected chi connectivity index (χ4v) is 11.1. The molecule has 0 aliphatic rings. The largest absolute Gasteiger partial charge is 0.330 e. The first kappa shape index (κ1) is 61.5. The van der Waals surface area contributed by atoms with Crippen LogP contribution in [0.25, 0.3) is 89.4 Å². The van der Waals surface area contributed by atoms with E-state index in [1.807, 2.05) is 24.8 Å². The number of nitrogens with zero attached hydrogens (tertiary/aromatic N) is 10. The van der Waals surface area contributed by atoms with Gasteiger partial charge in [0, 0.05) is 48.0 Å². The van der Waals surface area contributed by atoms with E-state index < -0.39 is 0 Å². The quantitative estimate of drug-likeness (QED) is 0.127. The van der Waals surface area contributed by atoms with Gasteiger partial charge in [-0.15, -0.1) is 0 Å². The maximum absolute atomic E-state index is 4.89. The first-order chi connectivity index (χ1) is 41.3. The maximum Gasteiger partial charge on any atom is 0.330 e. The summed E-state index contributed by atoms with van der Waals surface area (Å²) in [5.41, 5.74) is 25.3. The minimum absolute atomic E-state index is 0.441. The van der Waals surface area contributed by atoms with Crippen molar-refractivity contribution in [1.29, 1.82) is 0 Å². The van der Waals surface area contributed by atoms with E-state index in [1.165, 1.54) is 83.5 Å². The number of hydrogen-bond donors (Lipinski definition) is 0. The van der Waals surface area contributed by atoms with Crippen LogP contribution in [0.2, 0.25) is 0 Å². The molecule has 8 heterocycles. The first-order valence-corrected chi connectivity index (χ1v) is 30.4. The highest BCUT2D eigenvalue weighted by molar-refractivity contribution is 5.77. The van der Waals surface area contributed by atoms with Gasteiger partial charge in [-0.1, -0.05) is 140 Å². The number of aryl methyl sites for hydroxylation is 8. The molecule has 4 aromatic carbocycles. The van der Waals surface area contributed by atoms with Gasteiger partial charge in [-0.2, -0.15) is 9.13 Å². The molecule has 0 bridgehead atoms. The molecule has 0 saturated heterocycles. The molecule has 12 aromatic rings. The monoisotopic (exact) mass is 1140 g/mol. The summed E-state index contributed by atoms with van der Waals surface area (Å²) < 4.78 is 8.79. The summed E-state index contributed by atoms with van der Waals surface area (Å²) in [6.07, 6.45) is 9.75. The highest BCUT2D eigenvalue weighted by Gasteiger charge is 2.22. The highest BCUT2D eigenvalue weighted by atomic mass is 15.0. The van der Waals surface area contributed by atoms with Gasteiger partial charge in [-0.05, 0) is 156 Å². The Morgan fingerprint density at radius 3 is 1.20 bits per heavy atom. The third-order valence-electron chi connectivity index (χ3n) is 16.1. The number of benzene rings is 4. The van der Waals surface area contributed by atoms with Crippen molar-refractivity contribution in [3.8, 4) is 45.0 Å². The lowest BCUT2D eigenvalue weighted by Gasteiger charge is -2.08. The zero-order valence-corrected chi connectivity index (χ0v) is 53.5. The van der Waals surface area contributed by atoms with Crippen molar-refractivity contribution in [2.24, 2.45) is 40.0 Å². The first-order valence-electron chi connectivity index (χ1n) is 30.4. The van der Waals surface area contributed by atoms with Crippen molar-refractivity contribution in [2.75, 3.05) is 0 Å². The molecule has 0 atom stereocenters. The summed E-state index contributed by atoms with van der Waals surface area (Å²) >= 11 is 0. The van der Waals surface area contributed by atoms with E-state index in [-0.39, 0.29) is 0 Å². The minimum Gasteiger partial charge on any atom is -0.231 e. The molecule has 0 radical (unpaired) electrons. The van der Waals surface area contributed by atoms with Gasteiger partial charge in [0.1, 0.15) is 37.9 Å². The molecule has 86 heavy (non-hydrogen) atoms. The second kappa shape index (κ2) is 27.3. The average molecular weight is 1140 g/mol. The zero-order chi connectivity index (χ0) is 61.3. The number of hydrogen-bond acceptors (Lipinski definition) is 6. The predicted molar refractivity (Wildman–Crippen MR) is 353 cm³/mol. The molecule has 0 aliphatic carbocycles. The van der Waals surface area contributed by atoms with Crippen LogP contribution in [0.1, 0.15) is 112 Å². The second-order valence-corrected chi connectivity index (χ2v) is 24.4. The van der Waals surface area contributed by atoms with Gasteiger partial charge in [-0.25, -0.2) is 29.1 Å². The highest BCUT2D eigenvalue weighted by Crippen LogP contribution is 2.27. The molecule has 0 fully saturated rings. The van der Waals surface area contributed by atoms with Crippen LogP contribution in [0.15, 0.2) is 183 Å². The van der Waals surface area contributed by atoms with Crippen molar-refractivity contribution < 1.29 is 18.3 Å². The average Bonchev–Trinajstić information content (AvgIpc) is 1.62. The van der Waals surface area contributed by atoms with Crippen molar-refractivity contribution in [2.45, 2.75) is 108 Å². The molecule has 0 amide bonds. The Labute approximate surface area is 510 Å². The number of rotatable bonds is 10. The van der Waals surface area contributed by atoms with Gasteiger partial charge in [0.2, 0.25) is 22.7 Å². The van der Waals surface area contributed by atoms with E-state index in [2.05, 4.69) is 307 Å². The standard InChI is InChI=1S/C20H23N2.C19H22N3.C19H21N2.C18H20N3/c1-14(2)13-17-11-9-16-10-12-19(22(4)20(16)21-17)18-8-6-5-7-15(18)3;1-13(2)9-15-10-17-19(20-11-15)21-12-18(22(17)4)16-8-6-5-7-14(16)3;1-13(2)17-11-9-15-10-12-18(21(4)19(15)20-17)16-8-6-5-7-14(16)3;1-12(2)14-9-16-18(19-10-14)20-11-17(21(16)4)15-8-6-5-7-13(15)3/h5-12,14H,13H2,1-4H3;5-8,10-13H,9H2,1-4H3;5-13H,1-4H3;5-12H,1-4H3/q4*+1. The van der Waals surface area contributed by atoms with E-state index in [0.29, 0.717) is 23.7 Å². The third-order valence-corrected chi connectivity index (χ3v) is 16.1. The summed E-state index contributed by atoms with van der Waals surface area (Å²) in [6, 6.07) is 55.5. The topological polar surface area (TPSA) is 92.9 Å². The lowest BCUT2D eigenvalue weighted by molar-refractivity contribution is -0.635. The van der Waals surface area contributed by atoms with Crippen molar-refractivity contribution in [1.82, 2.24) is 29.9 Å². The summed E-state index contributed by atoms with van der Waals surface area (Å²) in [5, 5.41) is 2.37. The Bertz CT molecular complexity index is 4090. The maximum atomic E-state index is 4.89. The predicted octanol–water partition coefficient (Wildman–Crippen LogP) is 15.6. The molecule has 0 unspecified atom stereocenters. The van der Waals surface area contributed by atoms with Crippen LogP contribution in [0, 0.1) is 39.5 Å². The van der Waals surface area contributed by atoms with Crippen LogP contribution in [0.3, 0.4) is 0 Å². The van der Waals surface area contributed by atoms with Gasteiger partial charge >= 0.3 is 11.3 Å². The Balaban J connectivity index is 0.000000137. The summed E-state index contributed by atoms with van der Waals surface area (Å²) in [5.74, 6) is 2.15. The van der Waals surface area contributed by atoms with E-state index in [0.717, 1.165) is 63.5 Å². The normalized spacial score (nSPS) is 11.3. The molecular formula is C76H86N10+4. The van der Waals surface area contributed by atoms with Crippen LogP contribution in [-0.2, 0) is 41.0 Å². The Morgan fingerprint density at radius 1 is 0.360 bits per heavy atom. The van der Waals surface area contributed by atoms with Crippen molar-refractivity contribution in [3.63, 3.8) is 0 Å². The van der Waals surface area contributed by atoms with Crippen molar-refractivity contribution in [3.05, 3.63) is 227 Å². The Morgan fingerprint density at radius 2 is 0.756 bits per heavy atom. The van der Waals surface area contributed by atoms with Crippen molar-refractivity contribution >= 4 is 44.4 Å². The number of pyridine rings is 6. The lowest BCUT2D eigenvalue weighted by atomic mass is 10.0. The molecule has 8 aromatic heterocycles. The lowest BCUT2D eigenvalue weighted by Crippen LogP contribution is -2.33. The summed E-state index contributed by atoms with van der Waals surface area (Å²) in [6.45, 7) is 26.2. The van der Waals surface area contributed by atoms with Crippen LogP contribution < -0.4 is 18.3 Å². The fraction of sp³-hybridized carbons (Fsp3) is 0.289. The minimum atomic E-state index is 0.441. The fourth-order valence-electron chi connectivity index (χ4n) is 11.1. The van der Waals surface area contributed by atoms with E-state index in [9.17, 15) is 0 Å². The molecule has 0 saturated carbocycles. The van der Waals surface area contributed by atoms with Crippen LogP contribution in [0.5, 0.6) is 0 Å². The van der Waals surface area contributed by atoms with Gasteiger partial charge < -0.3 is 0 Å².